The molecule has 0 unspecified atom stereocenters. The van der Waals surface area contributed by atoms with E-state index >= 15 is 0 Å². The van der Waals surface area contributed by atoms with Crippen molar-refractivity contribution in [2.24, 2.45) is 0 Å². The zero-order valence-corrected chi connectivity index (χ0v) is 12.1. The van der Waals surface area contributed by atoms with Crippen LogP contribution in [0.2, 0.25) is 0 Å². The number of nitrogens with one attached hydrogen (secondary N) is 2. The Balaban J connectivity index is 1.76. The molecule has 0 bridgehead atoms. The predicted molar refractivity (Wildman–Crippen MR) is 79.5 cm³/mol. The average molecular weight is 286 g/mol. The lowest BCUT2D eigenvalue weighted by Crippen LogP contribution is -2.31. The van der Waals surface area contributed by atoms with Crippen LogP contribution in [0.25, 0.3) is 10.9 Å². The maximum Gasteiger partial charge on any atom is 0.290 e. The van der Waals surface area contributed by atoms with E-state index in [0.29, 0.717) is 19.0 Å². The normalized spacial score (nSPS) is 16.3. The molecule has 5 heteroatoms. The van der Waals surface area contributed by atoms with Crippen LogP contribution < -0.4 is 5.32 Å². The minimum absolute atomic E-state index is 0.109. The summed E-state index contributed by atoms with van der Waals surface area (Å²) in [5, 5.41) is 4.07. The molecule has 2 heterocycles. The number of aromatic nitrogens is 1. The van der Waals surface area contributed by atoms with Crippen LogP contribution >= 0.6 is 0 Å². The highest BCUT2D eigenvalue weighted by atomic mass is 16.6. The smallest absolute Gasteiger partial charge is 0.290 e. The van der Waals surface area contributed by atoms with Crippen molar-refractivity contribution in [3.05, 3.63) is 47.5 Å². The Hall–Kier alpha value is -2.43. The third-order valence-electron chi connectivity index (χ3n) is 3.60. The van der Waals surface area contributed by atoms with Crippen molar-refractivity contribution in [2.75, 3.05) is 13.2 Å². The van der Waals surface area contributed by atoms with E-state index < -0.39 is 0 Å². The van der Waals surface area contributed by atoms with Gasteiger partial charge >= 0.3 is 0 Å². The molecule has 1 amide bonds. The summed E-state index contributed by atoms with van der Waals surface area (Å²) in [6.07, 6.45) is 1.90. The second-order valence-electron chi connectivity index (χ2n) is 5.10. The van der Waals surface area contributed by atoms with Gasteiger partial charge in [-0.05, 0) is 43.0 Å². The van der Waals surface area contributed by atoms with Crippen LogP contribution in [-0.2, 0) is 14.3 Å². The lowest BCUT2D eigenvalue weighted by molar-refractivity contribution is -0.123. The molecule has 1 aliphatic heterocycles. The van der Waals surface area contributed by atoms with Gasteiger partial charge in [-0.1, -0.05) is 6.07 Å². The van der Waals surface area contributed by atoms with Crippen molar-refractivity contribution in [3.8, 4) is 0 Å². The molecule has 0 spiro atoms. The summed E-state index contributed by atoms with van der Waals surface area (Å²) >= 11 is 0. The van der Waals surface area contributed by atoms with Gasteiger partial charge in [-0.2, -0.15) is 0 Å². The first-order chi connectivity index (χ1) is 10.1. The zero-order valence-electron chi connectivity index (χ0n) is 12.1. The molecule has 0 radical (unpaired) electrons. The van der Waals surface area contributed by atoms with Gasteiger partial charge in [0.2, 0.25) is 5.76 Å². The van der Waals surface area contributed by atoms with E-state index in [-0.39, 0.29) is 17.7 Å². The number of carbonyl (C=O) groups is 1. The van der Waals surface area contributed by atoms with Crippen molar-refractivity contribution in [2.45, 2.75) is 19.9 Å². The molecule has 0 saturated carbocycles. The minimum atomic E-state index is -0.242. The summed E-state index contributed by atoms with van der Waals surface area (Å²) in [5.41, 5.74) is 2.13. The van der Waals surface area contributed by atoms with Gasteiger partial charge in [-0.3, -0.25) is 4.79 Å². The van der Waals surface area contributed by atoms with E-state index in [1.165, 1.54) is 0 Å². The molecule has 21 heavy (non-hydrogen) atoms. The van der Waals surface area contributed by atoms with Crippen LogP contribution in [0.1, 0.15) is 25.5 Å². The van der Waals surface area contributed by atoms with Gasteiger partial charge in [-0.25, -0.2) is 0 Å². The van der Waals surface area contributed by atoms with Gasteiger partial charge in [0.25, 0.3) is 5.91 Å². The summed E-state index contributed by atoms with van der Waals surface area (Å²) in [7, 11) is 0. The Kier molecular flexibility index (Phi) is 3.56. The molecule has 2 N–H and O–H groups in total. The van der Waals surface area contributed by atoms with Crippen molar-refractivity contribution in [1.82, 2.24) is 10.3 Å². The van der Waals surface area contributed by atoms with Crippen LogP contribution in [0.15, 0.2) is 42.0 Å². The summed E-state index contributed by atoms with van der Waals surface area (Å²) in [6.45, 7) is 4.59. The molecule has 5 nitrogen and oxygen atoms in total. The second kappa shape index (κ2) is 5.52. The first kappa shape index (κ1) is 13.5. The Morgan fingerprint density at radius 2 is 2.10 bits per heavy atom. The number of hydrogen-bond acceptors (Lipinski definition) is 3. The van der Waals surface area contributed by atoms with Crippen LogP contribution in [-0.4, -0.2) is 24.1 Å². The Bertz CT molecular complexity index is 702. The molecule has 0 saturated heterocycles. The fourth-order valence-corrected chi connectivity index (χ4v) is 2.42. The zero-order chi connectivity index (χ0) is 14.8. The number of allylic oxidation sites excluding steroid dienone is 1. The summed E-state index contributed by atoms with van der Waals surface area (Å²) in [4.78, 5) is 15.4. The summed E-state index contributed by atoms with van der Waals surface area (Å²) < 4.78 is 10.7. The van der Waals surface area contributed by atoms with Crippen LogP contribution in [0.3, 0.4) is 0 Å². The Morgan fingerprint density at radius 1 is 1.29 bits per heavy atom. The first-order valence-electron chi connectivity index (χ1n) is 6.99. The number of carbonyl (C=O) groups excluding carboxylic acids is 1. The molecule has 3 rings (SSSR count). The number of H-pyrrole nitrogens is 1. The van der Waals surface area contributed by atoms with Crippen molar-refractivity contribution in [3.63, 3.8) is 0 Å². The SMILES string of the molecule is CC1=C(C(=O)N[C@@H](C)c2ccc3[nH]ccc3c2)OCCO1. The molecule has 1 atom stereocenters. The molecule has 1 aliphatic rings. The molecule has 1 aromatic carbocycles. The number of aromatic amines is 1. The number of amides is 1. The number of ether oxygens (including phenoxy) is 2. The maximum absolute atomic E-state index is 12.2. The number of rotatable bonds is 3. The average Bonchev–Trinajstić information content (AvgIpc) is 2.94. The molecular weight excluding hydrogens is 268 g/mol. The van der Waals surface area contributed by atoms with E-state index in [1.54, 1.807) is 6.92 Å². The predicted octanol–water partition coefficient (Wildman–Crippen LogP) is 2.62. The second-order valence-corrected chi connectivity index (χ2v) is 5.10. The Labute approximate surface area is 122 Å². The summed E-state index contributed by atoms with van der Waals surface area (Å²) in [5.74, 6) is 0.566. The van der Waals surface area contributed by atoms with E-state index in [1.807, 2.05) is 31.3 Å². The van der Waals surface area contributed by atoms with Gasteiger partial charge in [0.05, 0.1) is 6.04 Å². The van der Waals surface area contributed by atoms with E-state index in [0.717, 1.165) is 16.5 Å². The quantitative estimate of drug-likeness (QED) is 0.911. The van der Waals surface area contributed by atoms with Crippen LogP contribution in [0.5, 0.6) is 0 Å². The van der Waals surface area contributed by atoms with Crippen molar-refractivity contribution >= 4 is 16.8 Å². The lowest BCUT2D eigenvalue weighted by Gasteiger charge is -2.21. The molecule has 0 aliphatic carbocycles. The molecule has 2 aromatic rings. The van der Waals surface area contributed by atoms with Gasteiger partial charge < -0.3 is 19.8 Å². The Morgan fingerprint density at radius 3 is 2.90 bits per heavy atom. The monoisotopic (exact) mass is 286 g/mol. The maximum atomic E-state index is 12.2. The van der Waals surface area contributed by atoms with Gasteiger partial charge in [0.15, 0.2) is 0 Å². The lowest BCUT2D eigenvalue weighted by atomic mass is 10.1. The highest BCUT2D eigenvalue weighted by molar-refractivity contribution is 5.92. The van der Waals surface area contributed by atoms with Gasteiger partial charge in [0, 0.05) is 11.7 Å². The van der Waals surface area contributed by atoms with Crippen LogP contribution in [0, 0.1) is 0 Å². The van der Waals surface area contributed by atoms with Gasteiger partial charge in [0.1, 0.15) is 19.0 Å². The van der Waals surface area contributed by atoms with Gasteiger partial charge in [-0.15, -0.1) is 0 Å². The molecule has 0 fully saturated rings. The fraction of sp³-hybridized carbons (Fsp3) is 0.312. The topological polar surface area (TPSA) is 63.4 Å². The molecular formula is C16H18N2O3. The van der Waals surface area contributed by atoms with Crippen LogP contribution in [0.4, 0.5) is 0 Å². The van der Waals surface area contributed by atoms with E-state index in [4.69, 9.17) is 9.47 Å². The highest BCUT2D eigenvalue weighted by Gasteiger charge is 2.21. The largest absolute Gasteiger partial charge is 0.491 e. The molecule has 1 aromatic heterocycles. The number of benzene rings is 1. The standard InChI is InChI=1S/C16H18N2O3/c1-10(12-3-4-14-13(9-12)5-6-17-14)18-16(19)15-11(2)20-7-8-21-15/h3-6,9-10,17H,7-8H2,1-2H3,(H,18,19)/t10-/m0/s1. The first-order valence-corrected chi connectivity index (χ1v) is 6.99. The third-order valence-corrected chi connectivity index (χ3v) is 3.60. The van der Waals surface area contributed by atoms with E-state index in [2.05, 4.69) is 16.4 Å². The van der Waals surface area contributed by atoms with Crippen molar-refractivity contribution < 1.29 is 14.3 Å². The highest BCUT2D eigenvalue weighted by Crippen LogP contribution is 2.20. The number of fused-ring (bicyclic) bond motifs is 1. The molecule has 110 valence electrons. The number of hydrogen-bond donors (Lipinski definition) is 2. The summed E-state index contributed by atoms with van der Waals surface area (Å²) in [6, 6.07) is 7.98. The fourth-order valence-electron chi connectivity index (χ4n) is 2.42. The minimum Gasteiger partial charge on any atom is -0.491 e. The van der Waals surface area contributed by atoms with E-state index in [9.17, 15) is 4.79 Å². The third kappa shape index (κ3) is 2.72. The van der Waals surface area contributed by atoms with Crippen molar-refractivity contribution in [1.29, 1.82) is 0 Å².